The summed E-state index contributed by atoms with van der Waals surface area (Å²) in [5.74, 6) is 0.425. The molecule has 1 aliphatic rings. The van der Waals surface area contributed by atoms with E-state index in [1.165, 1.54) is 0 Å². The Kier molecular flexibility index (Phi) is 3.59. The zero-order valence-electron chi connectivity index (χ0n) is 11.0. The lowest BCUT2D eigenvalue weighted by Crippen LogP contribution is -2.28. The lowest BCUT2D eigenvalue weighted by atomic mass is 10.1. The van der Waals surface area contributed by atoms with Crippen molar-refractivity contribution in [1.29, 1.82) is 0 Å². The van der Waals surface area contributed by atoms with Gasteiger partial charge in [0.1, 0.15) is 0 Å². The maximum absolute atomic E-state index is 12.0. The van der Waals surface area contributed by atoms with E-state index in [9.17, 15) is 4.79 Å². The van der Waals surface area contributed by atoms with Crippen LogP contribution >= 0.6 is 11.6 Å². The van der Waals surface area contributed by atoms with E-state index < -0.39 is 0 Å². The maximum atomic E-state index is 12.0. The minimum atomic E-state index is -0.0846. The van der Waals surface area contributed by atoms with E-state index in [4.69, 9.17) is 17.3 Å². The molecule has 0 bridgehead atoms. The first kappa shape index (κ1) is 13.3. The highest BCUT2D eigenvalue weighted by Crippen LogP contribution is 2.33. The molecule has 1 saturated carbocycles. The summed E-state index contributed by atoms with van der Waals surface area (Å²) in [5.41, 5.74) is 7.35. The highest BCUT2D eigenvalue weighted by molar-refractivity contribution is 6.32. The van der Waals surface area contributed by atoms with Crippen molar-refractivity contribution < 1.29 is 4.79 Å². The van der Waals surface area contributed by atoms with Gasteiger partial charge in [0.05, 0.1) is 11.2 Å². The molecule has 1 amide bonds. The van der Waals surface area contributed by atoms with Gasteiger partial charge in [-0.05, 0) is 37.0 Å². The van der Waals surface area contributed by atoms with Gasteiger partial charge in [-0.15, -0.1) is 0 Å². The molecule has 1 aromatic heterocycles. The van der Waals surface area contributed by atoms with Crippen LogP contribution in [0, 0.1) is 5.92 Å². The monoisotopic (exact) mass is 289 g/mol. The number of aromatic nitrogens is 1. The Morgan fingerprint density at radius 3 is 3.05 bits per heavy atom. The van der Waals surface area contributed by atoms with Crippen LogP contribution in [0.15, 0.2) is 30.5 Å². The number of benzene rings is 1. The van der Waals surface area contributed by atoms with E-state index in [1.54, 1.807) is 12.3 Å². The Balaban J connectivity index is 1.80. The minimum absolute atomic E-state index is 0.0478. The van der Waals surface area contributed by atoms with Gasteiger partial charge in [-0.1, -0.05) is 17.7 Å². The van der Waals surface area contributed by atoms with Gasteiger partial charge in [0.2, 0.25) is 5.91 Å². The topological polar surface area (TPSA) is 68.0 Å². The second-order valence-electron chi connectivity index (χ2n) is 5.28. The van der Waals surface area contributed by atoms with Crippen molar-refractivity contribution in [2.45, 2.75) is 25.3 Å². The smallest absolute Gasteiger partial charge is 0.226 e. The van der Waals surface area contributed by atoms with Gasteiger partial charge in [0.15, 0.2) is 0 Å². The molecule has 3 rings (SSSR count). The maximum Gasteiger partial charge on any atom is 0.226 e. The van der Waals surface area contributed by atoms with Crippen LogP contribution in [0.3, 0.4) is 0 Å². The summed E-state index contributed by atoms with van der Waals surface area (Å²) >= 11 is 6.07. The summed E-state index contributed by atoms with van der Waals surface area (Å²) in [7, 11) is 0. The molecule has 2 aromatic rings. The standard InChI is InChI=1S/C15H16ClN3O/c16-11-6-10-2-1-5-18-15(10)13(7-11)19-14(20)8-12(17)9-3-4-9/h1-2,5-7,9,12H,3-4,8,17H2,(H,19,20). The fourth-order valence-electron chi connectivity index (χ4n) is 2.36. The van der Waals surface area contributed by atoms with Crippen molar-refractivity contribution >= 4 is 34.1 Å². The summed E-state index contributed by atoms with van der Waals surface area (Å²) in [5, 5.41) is 4.35. The Morgan fingerprint density at radius 2 is 2.30 bits per heavy atom. The predicted molar refractivity (Wildman–Crippen MR) is 80.7 cm³/mol. The van der Waals surface area contributed by atoms with Gasteiger partial charge < -0.3 is 11.1 Å². The number of nitrogens with two attached hydrogens (primary N) is 1. The molecule has 1 atom stereocenters. The van der Waals surface area contributed by atoms with Gasteiger partial charge in [-0.3, -0.25) is 9.78 Å². The Bertz CT molecular complexity index is 655. The number of rotatable bonds is 4. The zero-order chi connectivity index (χ0) is 14.1. The number of carbonyl (C=O) groups excluding carboxylic acids is 1. The average Bonchev–Trinajstić information content (AvgIpc) is 3.22. The summed E-state index contributed by atoms with van der Waals surface area (Å²) in [6.07, 6.45) is 4.31. The van der Waals surface area contributed by atoms with Crippen LogP contribution in [-0.4, -0.2) is 16.9 Å². The Labute approximate surface area is 122 Å². The highest BCUT2D eigenvalue weighted by atomic mass is 35.5. The number of anilines is 1. The zero-order valence-corrected chi connectivity index (χ0v) is 11.7. The second-order valence-corrected chi connectivity index (χ2v) is 5.72. The van der Waals surface area contributed by atoms with Crippen LogP contribution in [0.5, 0.6) is 0 Å². The number of halogens is 1. The normalized spacial score (nSPS) is 16.1. The molecule has 5 heteroatoms. The van der Waals surface area contributed by atoms with Gasteiger partial charge in [0.25, 0.3) is 0 Å². The summed E-state index contributed by atoms with van der Waals surface area (Å²) in [6.45, 7) is 0. The Hall–Kier alpha value is -1.65. The number of fused-ring (bicyclic) bond motifs is 1. The van der Waals surface area contributed by atoms with Gasteiger partial charge >= 0.3 is 0 Å². The van der Waals surface area contributed by atoms with Crippen LogP contribution in [0.1, 0.15) is 19.3 Å². The molecular weight excluding hydrogens is 274 g/mol. The summed E-state index contributed by atoms with van der Waals surface area (Å²) < 4.78 is 0. The van der Waals surface area contributed by atoms with Crippen molar-refractivity contribution in [1.82, 2.24) is 4.98 Å². The van der Waals surface area contributed by atoms with Gasteiger partial charge in [-0.2, -0.15) is 0 Å². The quantitative estimate of drug-likeness (QED) is 0.909. The first-order chi connectivity index (χ1) is 9.63. The molecule has 1 unspecified atom stereocenters. The molecule has 0 saturated heterocycles. The van der Waals surface area contributed by atoms with E-state index in [2.05, 4.69) is 10.3 Å². The van der Waals surface area contributed by atoms with Gasteiger partial charge in [-0.25, -0.2) is 0 Å². The molecule has 1 heterocycles. The van der Waals surface area contributed by atoms with E-state index in [0.717, 1.165) is 23.7 Å². The largest absolute Gasteiger partial charge is 0.327 e. The van der Waals surface area contributed by atoms with Crippen LogP contribution in [-0.2, 0) is 4.79 Å². The molecule has 4 nitrogen and oxygen atoms in total. The number of hydrogen-bond donors (Lipinski definition) is 2. The molecule has 0 radical (unpaired) electrons. The lowest BCUT2D eigenvalue weighted by molar-refractivity contribution is -0.116. The third kappa shape index (κ3) is 2.92. The SMILES string of the molecule is NC(CC(=O)Nc1cc(Cl)cc2cccnc12)C1CC1. The molecular formula is C15H16ClN3O. The predicted octanol–water partition coefficient (Wildman–Crippen LogP) is 2.95. The highest BCUT2D eigenvalue weighted by Gasteiger charge is 2.29. The first-order valence-corrected chi connectivity index (χ1v) is 7.11. The van der Waals surface area contributed by atoms with Crippen LogP contribution in [0.2, 0.25) is 5.02 Å². The molecule has 0 spiro atoms. The summed E-state index contributed by atoms with van der Waals surface area (Å²) in [4.78, 5) is 16.3. The molecule has 1 aliphatic carbocycles. The van der Waals surface area contributed by atoms with Crippen molar-refractivity contribution in [2.24, 2.45) is 11.7 Å². The van der Waals surface area contributed by atoms with Crippen molar-refractivity contribution in [3.63, 3.8) is 0 Å². The average molecular weight is 290 g/mol. The molecule has 20 heavy (non-hydrogen) atoms. The van der Waals surface area contributed by atoms with E-state index >= 15 is 0 Å². The molecule has 3 N–H and O–H groups in total. The van der Waals surface area contributed by atoms with Gasteiger partial charge in [0, 0.05) is 29.1 Å². The number of pyridine rings is 1. The second kappa shape index (κ2) is 5.38. The Morgan fingerprint density at radius 1 is 1.50 bits per heavy atom. The minimum Gasteiger partial charge on any atom is -0.327 e. The number of hydrogen-bond acceptors (Lipinski definition) is 3. The first-order valence-electron chi connectivity index (χ1n) is 6.73. The summed E-state index contributed by atoms with van der Waals surface area (Å²) in [6, 6.07) is 7.26. The number of carbonyl (C=O) groups is 1. The van der Waals surface area contributed by atoms with Crippen LogP contribution in [0.25, 0.3) is 10.9 Å². The lowest BCUT2D eigenvalue weighted by Gasteiger charge is -2.12. The van der Waals surface area contributed by atoms with E-state index in [1.807, 2.05) is 18.2 Å². The molecule has 0 aliphatic heterocycles. The molecule has 1 aromatic carbocycles. The third-order valence-corrected chi connectivity index (χ3v) is 3.81. The number of amides is 1. The fourth-order valence-corrected chi connectivity index (χ4v) is 2.58. The van der Waals surface area contributed by atoms with Crippen LogP contribution < -0.4 is 11.1 Å². The third-order valence-electron chi connectivity index (χ3n) is 3.59. The van der Waals surface area contributed by atoms with Crippen molar-refractivity contribution in [3.8, 4) is 0 Å². The van der Waals surface area contributed by atoms with E-state index in [-0.39, 0.29) is 11.9 Å². The van der Waals surface area contributed by atoms with E-state index in [0.29, 0.717) is 23.0 Å². The number of nitrogens with zero attached hydrogens (tertiary/aromatic N) is 1. The molecule has 104 valence electrons. The van der Waals surface area contributed by atoms with Crippen molar-refractivity contribution in [3.05, 3.63) is 35.5 Å². The van der Waals surface area contributed by atoms with Crippen molar-refractivity contribution in [2.75, 3.05) is 5.32 Å². The number of nitrogens with one attached hydrogen (secondary N) is 1. The molecule has 1 fully saturated rings. The van der Waals surface area contributed by atoms with Crippen LogP contribution in [0.4, 0.5) is 5.69 Å². The fraction of sp³-hybridized carbons (Fsp3) is 0.333.